The van der Waals surface area contributed by atoms with E-state index >= 15 is 0 Å². The number of imidazole rings is 1. The van der Waals surface area contributed by atoms with Gasteiger partial charge in [0.2, 0.25) is 0 Å². The Balaban J connectivity index is 2.58. The fourth-order valence-corrected chi connectivity index (χ4v) is 2.19. The number of aromatic nitrogens is 2. The topological polar surface area (TPSA) is 29.9 Å². The van der Waals surface area contributed by atoms with Crippen molar-refractivity contribution in [2.24, 2.45) is 5.92 Å². The molecule has 1 unspecified atom stereocenters. The third-order valence-corrected chi connectivity index (χ3v) is 3.01. The van der Waals surface area contributed by atoms with Crippen LogP contribution in [0.2, 0.25) is 0 Å². The highest BCUT2D eigenvalue weighted by molar-refractivity contribution is 4.95. The normalized spacial score (nSPS) is 13.2. The summed E-state index contributed by atoms with van der Waals surface area (Å²) in [5.74, 6) is 1.94. The van der Waals surface area contributed by atoms with Crippen molar-refractivity contribution in [3.63, 3.8) is 0 Å². The van der Waals surface area contributed by atoms with Crippen molar-refractivity contribution in [3.8, 4) is 0 Å². The molecule has 1 atom stereocenters. The second kappa shape index (κ2) is 7.49. The van der Waals surface area contributed by atoms with Crippen molar-refractivity contribution in [2.45, 2.75) is 59.5 Å². The van der Waals surface area contributed by atoms with Gasteiger partial charge in [-0.15, -0.1) is 0 Å². The largest absolute Gasteiger partial charge is 0.335 e. The molecule has 0 amide bonds. The third-order valence-electron chi connectivity index (χ3n) is 3.01. The number of aryl methyl sites for hydroxylation is 1. The van der Waals surface area contributed by atoms with Crippen molar-refractivity contribution in [1.29, 1.82) is 0 Å². The Bertz CT molecular complexity index is 304. The Labute approximate surface area is 106 Å². The third kappa shape index (κ3) is 4.90. The summed E-state index contributed by atoms with van der Waals surface area (Å²) in [5, 5.41) is 3.64. The van der Waals surface area contributed by atoms with Gasteiger partial charge in [0.25, 0.3) is 0 Å². The quantitative estimate of drug-likeness (QED) is 0.753. The Hall–Kier alpha value is -0.830. The maximum Gasteiger partial charge on any atom is 0.110 e. The van der Waals surface area contributed by atoms with E-state index < -0.39 is 0 Å². The van der Waals surface area contributed by atoms with E-state index in [1.54, 1.807) is 0 Å². The number of nitrogens with zero attached hydrogens (tertiary/aromatic N) is 2. The van der Waals surface area contributed by atoms with Crippen LogP contribution >= 0.6 is 0 Å². The molecule has 0 radical (unpaired) electrons. The molecule has 3 heteroatoms. The average molecular weight is 237 g/mol. The van der Waals surface area contributed by atoms with E-state index in [0.717, 1.165) is 25.4 Å². The SMILES string of the molecule is CCCNC(Cc1nccn1CC)CC(C)C. The molecule has 1 rings (SSSR count). The van der Waals surface area contributed by atoms with Crippen molar-refractivity contribution in [1.82, 2.24) is 14.9 Å². The maximum atomic E-state index is 4.47. The molecule has 0 spiro atoms. The molecule has 98 valence electrons. The lowest BCUT2D eigenvalue weighted by Gasteiger charge is -2.20. The van der Waals surface area contributed by atoms with E-state index in [0.29, 0.717) is 6.04 Å². The monoisotopic (exact) mass is 237 g/mol. The number of rotatable bonds is 8. The van der Waals surface area contributed by atoms with Gasteiger partial charge < -0.3 is 9.88 Å². The highest BCUT2D eigenvalue weighted by Crippen LogP contribution is 2.10. The molecule has 0 saturated carbocycles. The lowest BCUT2D eigenvalue weighted by atomic mass is 10.0. The van der Waals surface area contributed by atoms with E-state index in [1.165, 1.54) is 18.7 Å². The summed E-state index contributed by atoms with van der Waals surface area (Å²) < 4.78 is 2.24. The van der Waals surface area contributed by atoms with Crippen LogP contribution in [0.5, 0.6) is 0 Å². The summed E-state index contributed by atoms with van der Waals surface area (Å²) in [4.78, 5) is 4.47. The summed E-state index contributed by atoms with van der Waals surface area (Å²) in [6.45, 7) is 11.1. The molecule has 0 saturated heterocycles. The predicted octanol–water partition coefficient (Wildman–Crippen LogP) is 2.86. The van der Waals surface area contributed by atoms with Gasteiger partial charge in [-0.05, 0) is 32.2 Å². The predicted molar refractivity (Wildman–Crippen MR) is 73.1 cm³/mol. The summed E-state index contributed by atoms with van der Waals surface area (Å²) in [7, 11) is 0. The van der Waals surface area contributed by atoms with Gasteiger partial charge in [-0.3, -0.25) is 0 Å². The summed E-state index contributed by atoms with van der Waals surface area (Å²) >= 11 is 0. The lowest BCUT2D eigenvalue weighted by molar-refractivity contribution is 0.406. The molecule has 3 nitrogen and oxygen atoms in total. The van der Waals surface area contributed by atoms with Crippen LogP contribution in [-0.2, 0) is 13.0 Å². The van der Waals surface area contributed by atoms with Crippen LogP contribution < -0.4 is 5.32 Å². The van der Waals surface area contributed by atoms with Crippen LogP contribution in [0.1, 0.15) is 46.4 Å². The molecule has 0 aromatic carbocycles. The average Bonchev–Trinajstić information content (AvgIpc) is 2.72. The fraction of sp³-hybridized carbons (Fsp3) is 0.786. The van der Waals surface area contributed by atoms with Crippen LogP contribution in [0.25, 0.3) is 0 Å². The Morgan fingerprint density at radius 3 is 2.71 bits per heavy atom. The van der Waals surface area contributed by atoms with E-state index in [9.17, 15) is 0 Å². The number of hydrogen-bond donors (Lipinski definition) is 1. The molecule has 1 aromatic rings. The Morgan fingerprint density at radius 2 is 2.12 bits per heavy atom. The van der Waals surface area contributed by atoms with Crippen molar-refractivity contribution < 1.29 is 0 Å². The Kier molecular flexibility index (Phi) is 6.27. The lowest BCUT2D eigenvalue weighted by Crippen LogP contribution is -2.34. The molecular formula is C14H27N3. The summed E-state index contributed by atoms with van der Waals surface area (Å²) in [6.07, 6.45) is 7.43. The van der Waals surface area contributed by atoms with Crippen LogP contribution in [0.15, 0.2) is 12.4 Å². The first-order chi connectivity index (χ1) is 8.17. The zero-order valence-electron chi connectivity index (χ0n) is 11.7. The molecule has 0 bridgehead atoms. The van der Waals surface area contributed by atoms with Gasteiger partial charge in [-0.1, -0.05) is 20.8 Å². The van der Waals surface area contributed by atoms with E-state index in [1.807, 2.05) is 6.20 Å². The van der Waals surface area contributed by atoms with Gasteiger partial charge in [0.1, 0.15) is 5.82 Å². The number of hydrogen-bond acceptors (Lipinski definition) is 2. The van der Waals surface area contributed by atoms with Gasteiger partial charge in [0.15, 0.2) is 0 Å². The van der Waals surface area contributed by atoms with Crippen LogP contribution in [0.3, 0.4) is 0 Å². The smallest absolute Gasteiger partial charge is 0.110 e. The highest BCUT2D eigenvalue weighted by atomic mass is 15.1. The van der Waals surface area contributed by atoms with Gasteiger partial charge in [0, 0.05) is 31.4 Å². The molecule has 1 N–H and O–H groups in total. The summed E-state index contributed by atoms with van der Waals surface area (Å²) in [5.41, 5.74) is 0. The van der Waals surface area contributed by atoms with Gasteiger partial charge in [-0.25, -0.2) is 4.98 Å². The molecule has 0 aliphatic heterocycles. The van der Waals surface area contributed by atoms with Crippen LogP contribution in [0.4, 0.5) is 0 Å². The molecule has 0 fully saturated rings. The maximum absolute atomic E-state index is 4.47. The minimum absolute atomic E-state index is 0.558. The minimum atomic E-state index is 0.558. The van der Waals surface area contributed by atoms with Gasteiger partial charge in [-0.2, -0.15) is 0 Å². The number of nitrogens with one attached hydrogen (secondary N) is 1. The standard InChI is InChI=1S/C14H27N3/c1-5-7-15-13(10-12(3)4)11-14-16-8-9-17(14)6-2/h8-9,12-13,15H,5-7,10-11H2,1-4H3. The van der Waals surface area contributed by atoms with Gasteiger partial charge >= 0.3 is 0 Å². The fourth-order valence-electron chi connectivity index (χ4n) is 2.19. The van der Waals surface area contributed by atoms with E-state index in [2.05, 4.69) is 48.8 Å². The zero-order valence-corrected chi connectivity index (χ0v) is 11.7. The first-order valence-electron chi connectivity index (χ1n) is 6.90. The van der Waals surface area contributed by atoms with E-state index in [-0.39, 0.29) is 0 Å². The highest BCUT2D eigenvalue weighted by Gasteiger charge is 2.13. The minimum Gasteiger partial charge on any atom is -0.335 e. The van der Waals surface area contributed by atoms with Crippen molar-refractivity contribution >= 4 is 0 Å². The molecular weight excluding hydrogens is 210 g/mol. The van der Waals surface area contributed by atoms with Crippen LogP contribution in [0, 0.1) is 5.92 Å². The van der Waals surface area contributed by atoms with Gasteiger partial charge in [0.05, 0.1) is 0 Å². The van der Waals surface area contributed by atoms with Crippen LogP contribution in [-0.4, -0.2) is 22.1 Å². The summed E-state index contributed by atoms with van der Waals surface area (Å²) in [6, 6.07) is 0.558. The van der Waals surface area contributed by atoms with Crippen molar-refractivity contribution in [2.75, 3.05) is 6.54 Å². The molecule has 1 heterocycles. The first-order valence-corrected chi connectivity index (χ1v) is 6.90. The molecule has 1 aromatic heterocycles. The molecule has 0 aliphatic carbocycles. The Morgan fingerprint density at radius 1 is 1.35 bits per heavy atom. The first kappa shape index (κ1) is 14.2. The van der Waals surface area contributed by atoms with Crippen molar-refractivity contribution in [3.05, 3.63) is 18.2 Å². The molecule has 0 aliphatic rings. The second-order valence-electron chi connectivity index (χ2n) is 5.11. The second-order valence-corrected chi connectivity index (χ2v) is 5.11. The zero-order chi connectivity index (χ0) is 12.7. The van der Waals surface area contributed by atoms with E-state index in [4.69, 9.17) is 0 Å². The molecule has 17 heavy (non-hydrogen) atoms.